The number of para-hydroxylation sites is 2. The van der Waals surface area contributed by atoms with Crippen LogP contribution < -0.4 is 20.1 Å². The fraction of sp³-hybridized carbons (Fsp3) is 0.297. The van der Waals surface area contributed by atoms with Gasteiger partial charge in [-0.1, -0.05) is 88.4 Å². The third-order valence-electron chi connectivity index (χ3n) is 7.73. The van der Waals surface area contributed by atoms with Crippen LogP contribution in [0.4, 0.5) is 11.4 Å². The second kappa shape index (κ2) is 15.6. The number of hydrogen-bond donors (Lipinski definition) is 2. The summed E-state index contributed by atoms with van der Waals surface area (Å²) < 4.78 is 11.7. The van der Waals surface area contributed by atoms with Crippen molar-refractivity contribution in [3.63, 3.8) is 0 Å². The molecule has 0 radical (unpaired) electrons. The van der Waals surface area contributed by atoms with E-state index in [-0.39, 0.29) is 25.0 Å². The van der Waals surface area contributed by atoms with Gasteiger partial charge in [0.1, 0.15) is 11.5 Å². The molecular formula is C37H42N2O4. The van der Waals surface area contributed by atoms with E-state index < -0.39 is 0 Å². The summed E-state index contributed by atoms with van der Waals surface area (Å²) in [6.45, 7) is 8.50. The van der Waals surface area contributed by atoms with Gasteiger partial charge in [0.25, 0.3) is 11.8 Å². The van der Waals surface area contributed by atoms with Crippen molar-refractivity contribution in [2.45, 2.75) is 58.8 Å². The first-order chi connectivity index (χ1) is 20.9. The zero-order valence-corrected chi connectivity index (χ0v) is 25.6. The third-order valence-corrected chi connectivity index (χ3v) is 7.73. The van der Waals surface area contributed by atoms with Gasteiger partial charge in [-0.25, -0.2) is 0 Å². The molecule has 6 heteroatoms. The Kier molecular flexibility index (Phi) is 11.4. The fourth-order valence-electron chi connectivity index (χ4n) is 4.81. The number of carbonyl (C=O) groups is 2. The Labute approximate surface area is 255 Å². The van der Waals surface area contributed by atoms with Crippen molar-refractivity contribution >= 4 is 23.2 Å². The first kappa shape index (κ1) is 31.4. The summed E-state index contributed by atoms with van der Waals surface area (Å²) in [6, 6.07) is 31.3. The van der Waals surface area contributed by atoms with Crippen molar-refractivity contribution in [2.75, 3.05) is 23.8 Å². The van der Waals surface area contributed by atoms with Crippen LogP contribution in [0.1, 0.15) is 74.6 Å². The summed E-state index contributed by atoms with van der Waals surface area (Å²) in [7, 11) is 0. The molecule has 2 amide bonds. The van der Waals surface area contributed by atoms with Crippen molar-refractivity contribution in [3.8, 4) is 11.5 Å². The van der Waals surface area contributed by atoms with E-state index in [9.17, 15) is 9.59 Å². The molecule has 0 fully saturated rings. The molecule has 2 atom stereocenters. The number of anilines is 2. The van der Waals surface area contributed by atoms with E-state index in [0.717, 1.165) is 64.4 Å². The molecule has 0 aliphatic rings. The molecular weight excluding hydrogens is 536 g/mol. The zero-order valence-electron chi connectivity index (χ0n) is 25.6. The lowest BCUT2D eigenvalue weighted by Gasteiger charge is -2.15. The highest BCUT2D eigenvalue weighted by Gasteiger charge is 2.13. The summed E-state index contributed by atoms with van der Waals surface area (Å²) in [5, 5.41) is 5.82. The lowest BCUT2D eigenvalue weighted by Crippen LogP contribution is -2.20. The van der Waals surface area contributed by atoms with E-state index in [1.54, 1.807) is 0 Å². The largest absolute Gasteiger partial charge is 0.483 e. The smallest absolute Gasteiger partial charge is 0.262 e. The molecule has 0 aromatic heterocycles. The Bertz CT molecular complexity index is 1370. The van der Waals surface area contributed by atoms with Gasteiger partial charge in [-0.3, -0.25) is 9.59 Å². The van der Waals surface area contributed by atoms with Gasteiger partial charge in [-0.15, -0.1) is 0 Å². The molecule has 0 saturated carbocycles. The molecule has 0 saturated heterocycles. The molecule has 4 aromatic rings. The molecule has 0 spiro atoms. The summed E-state index contributed by atoms with van der Waals surface area (Å²) in [5.41, 5.74) is 5.90. The first-order valence-corrected chi connectivity index (χ1v) is 15.1. The van der Waals surface area contributed by atoms with Crippen LogP contribution in [0.3, 0.4) is 0 Å². The molecule has 0 aliphatic carbocycles. The summed E-state index contributed by atoms with van der Waals surface area (Å²) in [4.78, 5) is 25.0. The molecule has 0 bridgehead atoms. The number of amides is 2. The molecule has 0 aliphatic heterocycles. The van der Waals surface area contributed by atoms with Gasteiger partial charge in [0, 0.05) is 11.4 Å². The number of carbonyl (C=O) groups excluding carboxylic acids is 2. The summed E-state index contributed by atoms with van der Waals surface area (Å²) in [6.07, 6.45) is 2.74. The van der Waals surface area contributed by atoms with Crippen molar-refractivity contribution in [1.29, 1.82) is 0 Å². The van der Waals surface area contributed by atoms with Gasteiger partial charge in [-0.2, -0.15) is 0 Å². The molecule has 6 nitrogen and oxygen atoms in total. The quantitative estimate of drug-likeness (QED) is 0.158. The van der Waals surface area contributed by atoms with Crippen molar-refractivity contribution in [1.82, 2.24) is 0 Å². The van der Waals surface area contributed by atoms with Crippen LogP contribution in [0, 0.1) is 0 Å². The highest BCUT2D eigenvalue weighted by molar-refractivity contribution is 5.92. The first-order valence-electron chi connectivity index (χ1n) is 15.1. The van der Waals surface area contributed by atoms with Crippen LogP contribution in [0.25, 0.3) is 0 Å². The number of hydrogen-bond acceptors (Lipinski definition) is 4. The van der Waals surface area contributed by atoms with Crippen LogP contribution in [0.5, 0.6) is 11.5 Å². The van der Waals surface area contributed by atoms with Crippen molar-refractivity contribution in [2.24, 2.45) is 0 Å². The maximum Gasteiger partial charge on any atom is 0.262 e. The topological polar surface area (TPSA) is 76.7 Å². The van der Waals surface area contributed by atoms with Crippen LogP contribution in [0.2, 0.25) is 0 Å². The SMILES string of the molecule is CC[C@@H](C)c1ccccc1OCC(=O)Nc1ccc(Cc2ccc(NC(=O)COc3ccccc3[C@H](C)CC)cc2)cc1. The second-order valence-electron chi connectivity index (χ2n) is 10.9. The molecule has 0 heterocycles. The molecule has 4 rings (SSSR count). The Hall–Kier alpha value is -4.58. The number of benzene rings is 4. The van der Waals surface area contributed by atoms with Crippen LogP contribution in [-0.2, 0) is 16.0 Å². The Morgan fingerprint density at radius 1 is 0.581 bits per heavy atom. The van der Waals surface area contributed by atoms with Crippen LogP contribution in [0.15, 0.2) is 97.1 Å². The van der Waals surface area contributed by atoms with E-state index in [0.29, 0.717) is 11.8 Å². The number of ether oxygens (including phenoxy) is 2. The van der Waals surface area contributed by atoms with E-state index in [1.165, 1.54) is 0 Å². The van der Waals surface area contributed by atoms with Crippen molar-refractivity contribution < 1.29 is 19.1 Å². The Morgan fingerprint density at radius 2 is 0.953 bits per heavy atom. The minimum atomic E-state index is -0.200. The van der Waals surface area contributed by atoms with Gasteiger partial charge in [-0.05, 0) is 89.8 Å². The van der Waals surface area contributed by atoms with E-state index in [2.05, 4.69) is 50.5 Å². The number of rotatable bonds is 14. The van der Waals surface area contributed by atoms with E-state index in [1.807, 2.05) is 84.9 Å². The van der Waals surface area contributed by atoms with Crippen LogP contribution >= 0.6 is 0 Å². The van der Waals surface area contributed by atoms with Gasteiger partial charge in [0.05, 0.1) is 0 Å². The minimum Gasteiger partial charge on any atom is -0.483 e. The zero-order chi connectivity index (χ0) is 30.6. The average Bonchev–Trinajstić information content (AvgIpc) is 3.04. The summed E-state index contributed by atoms with van der Waals surface area (Å²) >= 11 is 0. The predicted octanol–water partition coefficient (Wildman–Crippen LogP) is 8.34. The minimum absolute atomic E-state index is 0.0461. The predicted molar refractivity (Wildman–Crippen MR) is 174 cm³/mol. The maximum absolute atomic E-state index is 12.5. The average molecular weight is 579 g/mol. The van der Waals surface area contributed by atoms with Gasteiger partial charge in [0.2, 0.25) is 0 Å². The maximum atomic E-state index is 12.5. The van der Waals surface area contributed by atoms with Crippen molar-refractivity contribution in [3.05, 3.63) is 119 Å². The summed E-state index contributed by atoms with van der Waals surface area (Å²) in [5.74, 6) is 1.84. The van der Waals surface area contributed by atoms with Gasteiger partial charge >= 0.3 is 0 Å². The monoisotopic (exact) mass is 578 g/mol. The number of nitrogens with one attached hydrogen (secondary N) is 2. The Balaban J connectivity index is 1.23. The molecule has 224 valence electrons. The lowest BCUT2D eigenvalue weighted by atomic mass is 9.98. The fourth-order valence-corrected chi connectivity index (χ4v) is 4.81. The molecule has 0 unspecified atom stereocenters. The normalized spacial score (nSPS) is 12.2. The van der Waals surface area contributed by atoms with Gasteiger partial charge in [0.15, 0.2) is 13.2 Å². The highest BCUT2D eigenvalue weighted by atomic mass is 16.5. The van der Waals surface area contributed by atoms with Crippen LogP contribution in [-0.4, -0.2) is 25.0 Å². The lowest BCUT2D eigenvalue weighted by molar-refractivity contribution is -0.118. The Morgan fingerprint density at radius 3 is 1.33 bits per heavy atom. The van der Waals surface area contributed by atoms with E-state index in [4.69, 9.17) is 9.47 Å². The van der Waals surface area contributed by atoms with Gasteiger partial charge < -0.3 is 20.1 Å². The standard InChI is InChI=1S/C37H42N2O4/c1-5-26(3)32-11-7-9-13-34(32)42-24-36(40)38-30-19-15-28(16-20-30)23-29-17-21-31(22-18-29)39-37(41)25-43-35-14-10-8-12-33(35)27(4)6-2/h7-22,26-27H,5-6,23-25H2,1-4H3,(H,38,40)(H,39,41)/t26-,27-/m1/s1. The highest BCUT2D eigenvalue weighted by Crippen LogP contribution is 2.29. The second-order valence-corrected chi connectivity index (χ2v) is 10.9. The van der Waals surface area contributed by atoms with E-state index >= 15 is 0 Å². The molecule has 2 N–H and O–H groups in total. The molecule has 43 heavy (non-hydrogen) atoms. The molecule has 4 aromatic carbocycles. The third kappa shape index (κ3) is 9.20.